The lowest BCUT2D eigenvalue weighted by molar-refractivity contribution is 0.474. The van der Waals surface area contributed by atoms with E-state index in [0.29, 0.717) is 0 Å². The summed E-state index contributed by atoms with van der Waals surface area (Å²) in [5.74, 6) is 12.8. The average molecular weight is 368 g/mol. The van der Waals surface area contributed by atoms with Crippen LogP contribution in [-0.4, -0.2) is 19.0 Å². The molecular weight excluding hydrogens is 356 g/mol. The number of hydrogen-bond acceptors (Lipinski definition) is 5. The zero-order valence-corrected chi connectivity index (χ0v) is 14.8. The van der Waals surface area contributed by atoms with Gasteiger partial charge in [-0.3, -0.25) is 0 Å². The molecule has 2 N–H and O–H groups in total. The zero-order valence-electron chi connectivity index (χ0n) is 14.0. The molecule has 4 rings (SSSR count). The van der Waals surface area contributed by atoms with Crippen LogP contribution >= 0.6 is 11.7 Å². The van der Waals surface area contributed by atoms with Gasteiger partial charge in [0.15, 0.2) is 0 Å². The summed E-state index contributed by atoms with van der Waals surface area (Å²) in [7, 11) is 0. The minimum absolute atomic E-state index is 0.211. The summed E-state index contributed by atoms with van der Waals surface area (Å²) in [6.07, 6.45) is 0. The Labute approximate surface area is 160 Å². The Kier molecular flexibility index (Phi) is 4.45. The molecule has 0 aliphatic rings. The largest absolute Gasteiger partial charge is 0.508 e. The molecule has 27 heavy (non-hydrogen) atoms. The number of phenolic OH excluding ortho intramolecular Hbond substituents is 2. The molecule has 1 heterocycles. The van der Waals surface area contributed by atoms with Crippen LogP contribution in [0, 0.1) is 23.7 Å². The highest BCUT2D eigenvalue weighted by atomic mass is 32.1. The number of aromatic hydroxyl groups is 2. The molecule has 0 saturated heterocycles. The number of rotatable bonds is 0. The third kappa shape index (κ3) is 3.74. The van der Waals surface area contributed by atoms with Crippen molar-refractivity contribution in [2.45, 2.75) is 0 Å². The van der Waals surface area contributed by atoms with E-state index in [9.17, 15) is 10.2 Å². The fraction of sp³-hybridized carbons (Fsp3) is 0. The molecule has 3 aromatic carbocycles. The highest BCUT2D eigenvalue weighted by molar-refractivity contribution is 7.00. The quantitative estimate of drug-likeness (QED) is 0.462. The minimum Gasteiger partial charge on any atom is -0.508 e. The van der Waals surface area contributed by atoms with Crippen LogP contribution in [0.25, 0.3) is 11.0 Å². The predicted octanol–water partition coefficient (Wildman–Crippen LogP) is 3.90. The number of aromatic nitrogens is 2. The molecule has 0 atom stereocenters. The fourth-order valence-electron chi connectivity index (χ4n) is 2.44. The van der Waals surface area contributed by atoms with Crippen LogP contribution < -0.4 is 0 Å². The van der Waals surface area contributed by atoms with Crippen molar-refractivity contribution in [2.24, 2.45) is 0 Å². The first kappa shape index (κ1) is 16.7. The smallest absolute Gasteiger partial charge is 0.121 e. The second kappa shape index (κ2) is 7.21. The molecular formula is C22H12N2O2S. The summed E-state index contributed by atoms with van der Waals surface area (Å²) >= 11 is 1.13. The molecule has 128 valence electrons. The standard InChI is InChI=1S/C22H12N2O2S/c25-19-11-3-15(4-12-19)1-7-17-9-10-18(22-21(17)23-27-24-22)8-2-16-5-13-20(26)14-6-16/h3-6,9-14,25-26H. The third-order valence-corrected chi connectivity index (χ3v) is 4.36. The summed E-state index contributed by atoms with van der Waals surface area (Å²) < 4.78 is 8.72. The molecule has 0 bridgehead atoms. The first-order valence-electron chi connectivity index (χ1n) is 8.06. The van der Waals surface area contributed by atoms with Gasteiger partial charge in [-0.2, -0.15) is 8.75 Å². The lowest BCUT2D eigenvalue weighted by Crippen LogP contribution is -1.85. The molecule has 0 spiro atoms. The van der Waals surface area contributed by atoms with E-state index in [-0.39, 0.29) is 11.5 Å². The predicted molar refractivity (Wildman–Crippen MR) is 106 cm³/mol. The van der Waals surface area contributed by atoms with Gasteiger partial charge in [0.25, 0.3) is 0 Å². The van der Waals surface area contributed by atoms with Gasteiger partial charge in [-0.1, -0.05) is 23.7 Å². The molecule has 4 aromatic rings. The van der Waals surface area contributed by atoms with E-state index in [0.717, 1.165) is 45.0 Å². The lowest BCUT2D eigenvalue weighted by atomic mass is 10.1. The maximum atomic E-state index is 9.34. The highest BCUT2D eigenvalue weighted by Gasteiger charge is 2.07. The second-order valence-electron chi connectivity index (χ2n) is 5.72. The van der Waals surface area contributed by atoms with Crippen LogP contribution in [0.15, 0.2) is 60.7 Å². The van der Waals surface area contributed by atoms with Crippen molar-refractivity contribution in [1.29, 1.82) is 0 Å². The van der Waals surface area contributed by atoms with Crippen molar-refractivity contribution in [3.05, 3.63) is 82.9 Å². The van der Waals surface area contributed by atoms with Gasteiger partial charge in [0.05, 0.1) is 22.9 Å². The molecule has 0 fully saturated rings. The fourth-order valence-corrected chi connectivity index (χ4v) is 3.01. The van der Waals surface area contributed by atoms with Crippen molar-refractivity contribution in [3.63, 3.8) is 0 Å². The summed E-state index contributed by atoms with van der Waals surface area (Å²) in [5, 5.41) is 18.7. The average Bonchev–Trinajstić information content (AvgIpc) is 3.18. The van der Waals surface area contributed by atoms with Gasteiger partial charge in [-0.25, -0.2) is 0 Å². The first-order chi connectivity index (χ1) is 13.2. The maximum absolute atomic E-state index is 9.34. The van der Waals surface area contributed by atoms with E-state index in [2.05, 4.69) is 32.4 Å². The van der Waals surface area contributed by atoms with E-state index in [1.807, 2.05) is 12.1 Å². The Morgan fingerprint density at radius 1 is 0.556 bits per heavy atom. The Balaban J connectivity index is 1.69. The molecule has 1 aromatic heterocycles. The summed E-state index contributed by atoms with van der Waals surface area (Å²) in [4.78, 5) is 0. The van der Waals surface area contributed by atoms with E-state index >= 15 is 0 Å². The summed E-state index contributed by atoms with van der Waals surface area (Å²) in [6.45, 7) is 0. The number of phenols is 2. The van der Waals surface area contributed by atoms with E-state index in [1.165, 1.54) is 0 Å². The van der Waals surface area contributed by atoms with Gasteiger partial charge in [0, 0.05) is 11.1 Å². The summed E-state index contributed by atoms with van der Waals surface area (Å²) in [6, 6.07) is 17.2. The van der Waals surface area contributed by atoms with E-state index < -0.39 is 0 Å². The topological polar surface area (TPSA) is 66.2 Å². The van der Waals surface area contributed by atoms with Crippen LogP contribution in [0.2, 0.25) is 0 Å². The van der Waals surface area contributed by atoms with Crippen LogP contribution in [-0.2, 0) is 0 Å². The SMILES string of the molecule is Oc1ccc(C#Cc2ccc(C#Cc3ccc(O)cc3)c3nsnc23)cc1. The molecule has 0 saturated carbocycles. The van der Waals surface area contributed by atoms with E-state index in [4.69, 9.17) is 0 Å². The molecule has 0 amide bonds. The molecule has 0 aliphatic heterocycles. The van der Waals surface area contributed by atoms with Crippen molar-refractivity contribution >= 4 is 22.8 Å². The zero-order chi connectivity index (χ0) is 18.6. The van der Waals surface area contributed by atoms with Crippen LogP contribution in [0.3, 0.4) is 0 Å². The number of benzene rings is 3. The van der Waals surface area contributed by atoms with Crippen LogP contribution in [0.4, 0.5) is 0 Å². The number of fused-ring (bicyclic) bond motifs is 1. The normalized spacial score (nSPS) is 9.93. The Hall–Kier alpha value is -3.80. The first-order valence-corrected chi connectivity index (χ1v) is 8.79. The van der Waals surface area contributed by atoms with E-state index in [1.54, 1.807) is 48.5 Å². The van der Waals surface area contributed by atoms with Crippen molar-refractivity contribution in [3.8, 4) is 35.2 Å². The maximum Gasteiger partial charge on any atom is 0.121 e. The van der Waals surface area contributed by atoms with Crippen LogP contribution in [0.1, 0.15) is 22.3 Å². The monoisotopic (exact) mass is 368 g/mol. The molecule has 0 radical (unpaired) electrons. The Morgan fingerprint density at radius 2 is 0.963 bits per heavy atom. The Bertz CT molecular complexity index is 1140. The third-order valence-electron chi connectivity index (χ3n) is 3.83. The summed E-state index contributed by atoms with van der Waals surface area (Å²) in [5.41, 5.74) is 4.62. The van der Waals surface area contributed by atoms with Gasteiger partial charge in [0.1, 0.15) is 22.5 Å². The molecule has 0 aliphatic carbocycles. The van der Waals surface area contributed by atoms with Gasteiger partial charge < -0.3 is 10.2 Å². The van der Waals surface area contributed by atoms with Gasteiger partial charge in [0.2, 0.25) is 0 Å². The Morgan fingerprint density at radius 3 is 1.37 bits per heavy atom. The van der Waals surface area contributed by atoms with Crippen LogP contribution in [0.5, 0.6) is 11.5 Å². The van der Waals surface area contributed by atoms with Crippen molar-refractivity contribution < 1.29 is 10.2 Å². The highest BCUT2D eigenvalue weighted by Crippen LogP contribution is 2.20. The molecule has 0 unspecified atom stereocenters. The lowest BCUT2D eigenvalue weighted by Gasteiger charge is -1.96. The minimum atomic E-state index is 0.211. The van der Waals surface area contributed by atoms with Gasteiger partial charge in [-0.05, 0) is 60.7 Å². The second-order valence-corrected chi connectivity index (χ2v) is 6.24. The van der Waals surface area contributed by atoms with Crippen molar-refractivity contribution in [1.82, 2.24) is 8.75 Å². The molecule has 4 nitrogen and oxygen atoms in total. The van der Waals surface area contributed by atoms with Gasteiger partial charge >= 0.3 is 0 Å². The van der Waals surface area contributed by atoms with Crippen molar-refractivity contribution in [2.75, 3.05) is 0 Å². The number of hydrogen-bond donors (Lipinski definition) is 2. The molecule has 5 heteroatoms. The number of nitrogens with zero attached hydrogens (tertiary/aromatic N) is 2. The van der Waals surface area contributed by atoms with Gasteiger partial charge in [-0.15, -0.1) is 0 Å².